The van der Waals surface area contributed by atoms with Gasteiger partial charge in [0.05, 0.1) is 7.11 Å². The SMILES string of the molecule is COC(=O)[C@@H](Cc1ccccc1)NC(=O)[C@@H](Cc1ccccc1)C[N+](=O)[O-]. The molecule has 1 amide bonds. The van der Waals surface area contributed by atoms with Crippen molar-refractivity contribution in [2.75, 3.05) is 13.7 Å². The lowest BCUT2D eigenvalue weighted by Gasteiger charge is -2.20. The van der Waals surface area contributed by atoms with Crippen molar-refractivity contribution in [1.29, 1.82) is 0 Å². The average Bonchev–Trinajstić information content (AvgIpc) is 2.67. The first-order chi connectivity index (χ1) is 13.0. The number of esters is 1. The summed E-state index contributed by atoms with van der Waals surface area (Å²) >= 11 is 0. The van der Waals surface area contributed by atoms with Crippen molar-refractivity contribution in [2.24, 2.45) is 5.92 Å². The molecule has 0 aliphatic rings. The van der Waals surface area contributed by atoms with Crippen LogP contribution in [0.3, 0.4) is 0 Å². The molecule has 0 radical (unpaired) electrons. The molecule has 2 rings (SSSR count). The Labute approximate surface area is 157 Å². The molecular weight excluding hydrogens is 348 g/mol. The number of benzene rings is 2. The number of nitro groups is 1. The standard InChI is InChI=1S/C20H22N2O5/c1-27-20(24)18(13-16-10-6-3-7-11-16)21-19(23)17(14-22(25)26)12-15-8-4-2-5-9-15/h2-11,17-18H,12-14H2,1H3,(H,21,23)/t17-,18+/m0/s1. The molecule has 0 heterocycles. The highest BCUT2D eigenvalue weighted by atomic mass is 16.6. The van der Waals surface area contributed by atoms with Gasteiger partial charge in [-0.2, -0.15) is 0 Å². The molecular formula is C20H22N2O5. The van der Waals surface area contributed by atoms with Gasteiger partial charge in [-0.25, -0.2) is 4.79 Å². The summed E-state index contributed by atoms with van der Waals surface area (Å²) in [4.78, 5) is 35.3. The maximum absolute atomic E-state index is 12.7. The van der Waals surface area contributed by atoms with Gasteiger partial charge in [-0.15, -0.1) is 0 Å². The second-order valence-corrected chi connectivity index (χ2v) is 6.18. The lowest BCUT2D eigenvalue weighted by atomic mass is 9.97. The Kier molecular flexibility index (Phi) is 7.49. The summed E-state index contributed by atoms with van der Waals surface area (Å²) < 4.78 is 4.78. The molecule has 0 aliphatic heterocycles. The first kappa shape index (κ1) is 20.1. The van der Waals surface area contributed by atoms with Crippen molar-refractivity contribution < 1.29 is 19.2 Å². The van der Waals surface area contributed by atoms with Crippen molar-refractivity contribution >= 4 is 11.9 Å². The van der Waals surface area contributed by atoms with Crippen LogP contribution in [0.4, 0.5) is 0 Å². The van der Waals surface area contributed by atoms with Crippen molar-refractivity contribution in [2.45, 2.75) is 18.9 Å². The summed E-state index contributed by atoms with van der Waals surface area (Å²) in [6.45, 7) is -0.514. The number of nitrogens with one attached hydrogen (secondary N) is 1. The molecule has 0 fully saturated rings. The second-order valence-electron chi connectivity index (χ2n) is 6.18. The van der Waals surface area contributed by atoms with Gasteiger partial charge in [0.1, 0.15) is 12.0 Å². The van der Waals surface area contributed by atoms with Crippen LogP contribution in [-0.4, -0.2) is 36.5 Å². The smallest absolute Gasteiger partial charge is 0.328 e. The Morgan fingerprint density at radius 1 is 1.00 bits per heavy atom. The highest BCUT2D eigenvalue weighted by Crippen LogP contribution is 2.11. The van der Waals surface area contributed by atoms with E-state index in [4.69, 9.17) is 4.74 Å². The largest absolute Gasteiger partial charge is 0.467 e. The van der Waals surface area contributed by atoms with E-state index in [1.54, 1.807) is 0 Å². The molecule has 0 aliphatic carbocycles. The Morgan fingerprint density at radius 2 is 1.52 bits per heavy atom. The number of amides is 1. The maximum Gasteiger partial charge on any atom is 0.328 e. The molecule has 0 unspecified atom stereocenters. The summed E-state index contributed by atoms with van der Waals surface area (Å²) in [5.74, 6) is -2.01. The topological polar surface area (TPSA) is 98.5 Å². The second kappa shape index (κ2) is 10.1. The van der Waals surface area contributed by atoms with E-state index in [1.165, 1.54) is 7.11 Å². The van der Waals surface area contributed by atoms with E-state index >= 15 is 0 Å². The Morgan fingerprint density at radius 3 is 2.00 bits per heavy atom. The van der Waals surface area contributed by atoms with Crippen LogP contribution < -0.4 is 5.32 Å². The van der Waals surface area contributed by atoms with E-state index in [2.05, 4.69) is 5.32 Å². The summed E-state index contributed by atoms with van der Waals surface area (Å²) in [5.41, 5.74) is 1.67. The van der Waals surface area contributed by atoms with Crippen LogP contribution in [0.15, 0.2) is 60.7 Å². The number of nitrogens with zero attached hydrogens (tertiary/aromatic N) is 1. The third-order valence-electron chi connectivity index (χ3n) is 4.15. The molecule has 0 aromatic heterocycles. The fraction of sp³-hybridized carbons (Fsp3) is 0.300. The van der Waals surface area contributed by atoms with Gasteiger partial charge in [-0.3, -0.25) is 14.9 Å². The number of hydrogen-bond donors (Lipinski definition) is 1. The molecule has 2 atom stereocenters. The van der Waals surface area contributed by atoms with Crippen molar-refractivity contribution in [3.8, 4) is 0 Å². The lowest BCUT2D eigenvalue weighted by Crippen LogP contribution is -2.47. The number of carbonyl (C=O) groups excluding carboxylic acids is 2. The quantitative estimate of drug-likeness (QED) is 0.414. The Bertz CT molecular complexity index is 764. The van der Waals surface area contributed by atoms with Gasteiger partial charge in [0.15, 0.2) is 0 Å². The maximum atomic E-state index is 12.7. The minimum absolute atomic E-state index is 0.215. The van der Waals surface area contributed by atoms with E-state index in [9.17, 15) is 19.7 Å². The predicted molar refractivity (Wildman–Crippen MR) is 99.6 cm³/mol. The third-order valence-corrected chi connectivity index (χ3v) is 4.15. The number of carbonyl (C=O) groups is 2. The molecule has 2 aromatic carbocycles. The predicted octanol–water partition coefficient (Wildman–Crippen LogP) is 2.02. The first-order valence-electron chi connectivity index (χ1n) is 8.57. The monoisotopic (exact) mass is 370 g/mol. The zero-order valence-corrected chi connectivity index (χ0v) is 15.0. The van der Waals surface area contributed by atoms with Crippen molar-refractivity contribution in [3.05, 3.63) is 81.9 Å². The van der Waals surface area contributed by atoms with Gasteiger partial charge in [0, 0.05) is 11.3 Å². The molecule has 2 aromatic rings. The molecule has 7 heteroatoms. The molecule has 142 valence electrons. The minimum atomic E-state index is -0.907. The van der Waals surface area contributed by atoms with Crippen LogP contribution in [0.5, 0.6) is 0 Å². The Balaban J connectivity index is 2.13. The van der Waals surface area contributed by atoms with E-state index < -0.39 is 35.3 Å². The molecule has 0 bridgehead atoms. The zero-order valence-electron chi connectivity index (χ0n) is 15.0. The van der Waals surface area contributed by atoms with E-state index in [-0.39, 0.29) is 12.8 Å². The summed E-state index contributed by atoms with van der Waals surface area (Å²) in [6.07, 6.45) is 0.461. The Hall–Kier alpha value is -3.22. The van der Waals surface area contributed by atoms with Crippen LogP contribution in [-0.2, 0) is 27.2 Å². The van der Waals surface area contributed by atoms with Crippen LogP contribution in [0.2, 0.25) is 0 Å². The minimum Gasteiger partial charge on any atom is -0.467 e. The van der Waals surface area contributed by atoms with Gasteiger partial charge in [0.2, 0.25) is 12.5 Å². The first-order valence-corrected chi connectivity index (χ1v) is 8.57. The van der Waals surface area contributed by atoms with Gasteiger partial charge >= 0.3 is 5.97 Å². The van der Waals surface area contributed by atoms with Crippen molar-refractivity contribution in [1.82, 2.24) is 5.32 Å². The van der Waals surface area contributed by atoms with Gasteiger partial charge in [-0.1, -0.05) is 60.7 Å². The third kappa shape index (κ3) is 6.54. The highest BCUT2D eigenvalue weighted by molar-refractivity contribution is 5.86. The summed E-state index contributed by atoms with van der Waals surface area (Å²) in [7, 11) is 1.24. The summed E-state index contributed by atoms with van der Waals surface area (Å²) in [5, 5.41) is 13.6. The van der Waals surface area contributed by atoms with Crippen LogP contribution >= 0.6 is 0 Å². The molecule has 27 heavy (non-hydrogen) atoms. The molecule has 1 N–H and O–H groups in total. The zero-order chi connectivity index (χ0) is 19.6. The number of rotatable bonds is 9. The fourth-order valence-corrected chi connectivity index (χ4v) is 2.79. The normalized spacial score (nSPS) is 12.6. The molecule has 0 saturated carbocycles. The summed E-state index contributed by atoms with van der Waals surface area (Å²) in [6, 6.07) is 17.3. The van der Waals surface area contributed by atoms with Crippen LogP contribution in [0.1, 0.15) is 11.1 Å². The lowest BCUT2D eigenvalue weighted by molar-refractivity contribution is -0.485. The molecule has 7 nitrogen and oxygen atoms in total. The number of hydrogen-bond acceptors (Lipinski definition) is 5. The van der Waals surface area contributed by atoms with E-state index in [0.717, 1.165) is 11.1 Å². The molecule has 0 spiro atoms. The van der Waals surface area contributed by atoms with Gasteiger partial charge in [0.25, 0.3) is 0 Å². The van der Waals surface area contributed by atoms with E-state index in [0.29, 0.717) is 0 Å². The average molecular weight is 370 g/mol. The number of methoxy groups -OCH3 is 1. The highest BCUT2D eigenvalue weighted by Gasteiger charge is 2.29. The van der Waals surface area contributed by atoms with Crippen molar-refractivity contribution in [3.63, 3.8) is 0 Å². The van der Waals surface area contributed by atoms with Crippen LogP contribution in [0, 0.1) is 16.0 Å². The molecule has 0 saturated heterocycles. The van der Waals surface area contributed by atoms with Gasteiger partial charge < -0.3 is 10.1 Å². The van der Waals surface area contributed by atoms with Crippen LogP contribution in [0.25, 0.3) is 0 Å². The van der Waals surface area contributed by atoms with E-state index in [1.807, 2.05) is 60.7 Å². The fourth-order valence-electron chi connectivity index (χ4n) is 2.79. The number of ether oxygens (including phenoxy) is 1. The van der Waals surface area contributed by atoms with Gasteiger partial charge in [-0.05, 0) is 17.5 Å².